The number of aliphatic hydroxyl groups is 1. The summed E-state index contributed by atoms with van der Waals surface area (Å²) in [6.07, 6.45) is 0.802. The summed E-state index contributed by atoms with van der Waals surface area (Å²) in [4.78, 5) is 2.32. The Morgan fingerprint density at radius 1 is 1.15 bits per heavy atom. The van der Waals surface area contributed by atoms with Crippen LogP contribution in [0.25, 0.3) is 0 Å². The topological polar surface area (TPSA) is 32.7 Å². The van der Waals surface area contributed by atoms with Gasteiger partial charge >= 0.3 is 0 Å². The summed E-state index contributed by atoms with van der Waals surface area (Å²) < 4.78 is 5.49. The quantitative estimate of drug-likeness (QED) is 0.754. The van der Waals surface area contributed by atoms with Gasteiger partial charge in [0.15, 0.2) is 0 Å². The molecule has 0 heterocycles. The molecule has 0 spiro atoms. The molecule has 1 aromatic rings. The maximum absolute atomic E-state index is 10.1. The van der Waals surface area contributed by atoms with Crippen LogP contribution in [0.4, 0.5) is 0 Å². The SMILES string of the molecule is CC[C@@H](C)N(Cc1ccccc1)C[C@H](O)COC(C)C. The molecule has 114 valence electrons. The minimum absolute atomic E-state index is 0.163. The van der Waals surface area contributed by atoms with E-state index in [0.717, 1.165) is 13.0 Å². The molecule has 1 rings (SSSR count). The van der Waals surface area contributed by atoms with Crippen molar-refractivity contribution in [1.82, 2.24) is 4.90 Å². The van der Waals surface area contributed by atoms with E-state index in [2.05, 4.69) is 43.0 Å². The Balaban J connectivity index is 2.56. The fourth-order valence-corrected chi connectivity index (χ4v) is 2.10. The number of aliphatic hydroxyl groups excluding tert-OH is 1. The Kier molecular flexibility index (Phi) is 7.82. The van der Waals surface area contributed by atoms with Crippen LogP contribution < -0.4 is 0 Å². The second kappa shape index (κ2) is 9.11. The monoisotopic (exact) mass is 279 g/mol. The molecule has 3 heteroatoms. The number of rotatable bonds is 9. The molecule has 0 aliphatic heterocycles. The number of benzene rings is 1. The summed E-state index contributed by atoms with van der Waals surface area (Å²) in [7, 11) is 0. The van der Waals surface area contributed by atoms with Crippen LogP contribution in [0.3, 0.4) is 0 Å². The molecular formula is C17H29NO2. The first-order valence-corrected chi connectivity index (χ1v) is 7.60. The van der Waals surface area contributed by atoms with E-state index in [1.165, 1.54) is 5.56 Å². The summed E-state index contributed by atoms with van der Waals surface area (Å²) in [5.74, 6) is 0. The predicted molar refractivity (Wildman–Crippen MR) is 83.7 cm³/mol. The Morgan fingerprint density at radius 3 is 2.35 bits per heavy atom. The highest BCUT2D eigenvalue weighted by Gasteiger charge is 2.17. The second-order valence-electron chi connectivity index (χ2n) is 5.71. The molecule has 0 unspecified atom stereocenters. The highest BCUT2D eigenvalue weighted by molar-refractivity contribution is 5.14. The molecule has 0 radical (unpaired) electrons. The van der Waals surface area contributed by atoms with E-state index in [1.54, 1.807) is 0 Å². The average Bonchev–Trinajstić information content (AvgIpc) is 2.44. The van der Waals surface area contributed by atoms with Crippen LogP contribution in [0.5, 0.6) is 0 Å². The van der Waals surface area contributed by atoms with Crippen molar-refractivity contribution in [3.63, 3.8) is 0 Å². The van der Waals surface area contributed by atoms with E-state index in [1.807, 2.05) is 19.9 Å². The molecule has 0 aromatic heterocycles. The van der Waals surface area contributed by atoms with E-state index in [-0.39, 0.29) is 6.10 Å². The third-order valence-corrected chi connectivity index (χ3v) is 3.51. The predicted octanol–water partition coefficient (Wildman–Crippen LogP) is 3.07. The zero-order chi connectivity index (χ0) is 15.0. The first kappa shape index (κ1) is 17.2. The highest BCUT2D eigenvalue weighted by Crippen LogP contribution is 2.11. The van der Waals surface area contributed by atoms with Gasteiger partial charge in [0.05, 0.1) is 18.8 Å². The lowest BCUT2D eigenvalue weighted by Gasteiger charge is -2.30. The maximum Gasteiger partial charge on any atom is 0.0900 e. The average molecular weight is 279 g/mol. The van der Waals surface area contributed by atoms with Gasteiger partial charge < -0.3 is 9.84 Å². The lowest BCUT2D eigenvalue weighted by atomic mass is 10.1. The number of nitrogens with zero attached hydrogens (tertiary/aromatic N) is 1. The number of ether oxygens (including phenoxy) is 1. The maximum atomic E-state index is 10.1. The zero-order valence-corrected chi connectivity index (χ0v) is 13.2. The van der Waals surface area contributed by atoms with Crippen molar-refractivity contribution < 1.29 is 9.84 Å². The molecule has 3 nitrogen and oxygen atoms in total. The van der Waals surface area contributed by atoms with Crippen molar-refractivity contribution in [1.29, 1.82) is 0 Å². The molecule has 0 saturated heterocycles. The molecule has 0 aliphatic rings. The van der Waals surface area contributed by atoms with Gasteiger partial charge in [-0.05, 0) is 32.8 Å². The third-order valence-electron chi connectivity index (χ3n) is 3.51. The van der Waals surface area contributed by atoms with Crippen LogP contribution in [0.15, 0.2) is 30.3 Å². The fraction of sp³-hybridized carbons (Fsp3) is 0.647. The molecule has 2 atom stereocenters. The van der Waals surface area contributed by atoms with Gasteiger partial charge in [0.2, 0.25) is 0 Å². The van der Waals surface area contributed by atoms with E-state index < -0.39 is 6.10 Å². The minimum atomic E-state index is -0.435. The largest absolute Gasteiger partial charge is 0.389 e. The Bertz CT molecular complexity index is 353. The Labute approximate surface area is 123 Å². The summed E-state index contributed by atoms with van der Waals surface area (Å²) >= 11 is 0. The molecule has 0 bridgehead atoms. The molecule has 0 saturated carbocycles. The van der Waals surface area contributed by atoms with Crippen LogP contribution >= 0.6 is 0 Å². The van der Waals surface area contributed by atoms with Crippen LogP contribution in [-0.4, -0.2) is 41.4 Å². The van der Waals surface area contributed by atoms with Crippen molar-refractivity contribution in [2.45, 2.75) is 58.9 Å². The van der Waals surface area contributed by atoms with Crippen molar-refractivity contribution >= 4 is 0 Å². The zero-order valence-electron chi connectivity index (χ0n) is 13.2. The van der Waals surface area contributed by atoms with Crippen LogP contribution in [0.1, 0.15) is 39.7 Å². The third kappa shape index (κ3) is 6.51. The summed E-state index contributed by atoms with van der Waals surface area (Å²) in [5.41, 5.74) is 1.28. The van der Waals surface area contributed by atoms with Gasteiger partial charge in [-0.15, -0.1) is 0 Å². The molecule has 0 fully saturated rings. The molecule has 1 N–H and O–H groups in total. The van der Waals surface area contributed by atoms with Crippen LogP contribution in [0, 0.1) is 0 Å². The first-order chi connectivity index (χ1) is 9.52. The van der Waals surface area contributed by atoms with Crippen molar-refractivity contribution in [2.75, 3.05) is 13.2 Å². The Hall–Kier alpha value is -0.900. The number of hydrogen-bond donors (Lipinski definition) is 1. The minimum Gasteiger partial charge on any atom is -0.389 e. The van der Waals surface area contributed by atoms with Gasteiger partial charge in [0.1, 0.15) is 0 Å². The summed E-state index contributed by atoms with van der Waals surface area (Å²) in [6, 6.07) is 10.9. The smallest absolute Gasteiger partial charge is 0.0900 e. The summed E-state index contributed by atoms with van der Waals surface area (Å²) in [5, 5.41) is 10.1. The van der Waals surface area contributed by atoms with Gasteiger partial charge in [-0.1, -0.05) is 37.3 Å². The molecule has 0 aliphatic carbocycles. The standard InChI is InChI=1S/C17H29NO2/c1-5-15(4)18(11-16-9-7-6-8-10-16)12-17(19)13-20-14(2)3/h6-10,14-15,17,19H,5,11-13H2,1-4H3/t15-,17+/m1/s1. The molecule has 1 aromatic carbocycles. The van der Waals surface area contributed by atoms with E-state index in [4.69, 9.17) is 4.74 Å². The Morgan fingerprint density at radius 2 is 1.80 bits per heavy atom. The van der Waals surface area contributed by atoms with Gasteiger partial charge in [-0.2, -0.15) is 0 Å². The van der Waals surface area contributed by atoms with E-state index in [9.17, 15) is 5.11 Å². The van der Waals surface area contributed by atoms with Crippen molar-refractivity contribution in [3.8, 4) is 0 Å². The normalized spacial score (nSPS) is 14.8. The van der Waals surface area contributed by atoms with Gasteiger partial charge in [-0.3, -0.25) is 4.90 Å². The van der Waals surface area contributed by atoms with Crippen LogP contribution in [0.2, 0.25) is 0 Å². The van der Waals surface area contributed by atoms with E-state index >= 15 is 0 Å². The summed E-state index contributed by atoms with van der Waals surface area (Å²) in [6.45, 7) is 10.3. The van der Waals surface area contributed by atoms with Gasteiger partial charge in [0, 0.05) is 19.1 Å². The molecular weight excluding hydrogens is 250 g/mol. The number of hydrogen-bond acceptors (Lipinski definition) is 3. The molecule has 0 amide bonds. The lowest BCUT2D eigenvalue weighted by Crippen LogP contribution is -2.40. The van der Waals surface area contributed by atoms with Crippen LogP contribution in [-0.2, 0) is 11.3 Å². The fourth-order valence-electron chi connectivity index (χ4n) is 2.10. The van der Waals surface area contributed by atoms with Gasteiger partial charge in [-0.25, -0.2) is 0 Å². The van der Waals surface area contributed by atoms with Crippen molar-refractivity contribution in [2.24, 2.45) is 0 Å². The highest BCUT2D eigenvalue weighted by atomic mass is 16.5. The van der Waals surface area contributed by atoms with Gasteiger partial charge in [0.25, 0.3) is 0 Å². The lowest BCUT2D eigenvalue weighted by molar-refractivity contribution is -0.0149. The second-order valence-corrected chi connectivity index (χ2v) is 5.71. The molecule has 20 heavy (non-hydrogen) atoms. The van der Waals surface area contributed by atoms with Crippen molar-refractivity contribution in [3.05, 3.63) is 35.9 Å². The van der Waals surface area contributed by atoms with E-state index in [0.29, 0.717) is 19.2 Å². The first-order valence-electron chi connectivity index (χ1n) is 7.60.